The van der Waals surface area contributed by atoms with Gasteiger partial charge in [-0.05, 0) is 56.0 Å². The Morgan fingerprint density at radius 3 is 2.42 bits per heavy atom. The van der Waals surface area contributed by atoms with Gasteiger partial charge >= 0.3 is 0 Å². The number of nitrogens with zero attached hydrogens (tertiary/aromatic N) is 2. The Hall–Kier alpha value is -2.80. The summed E-state index contributed by atoms with van der Waals surface area (Å²) >= 11 is 0.850. The van der Waals surface area contributed by atoms with E-state index in [0.717, 1.165) is 33.6 Å². The highest BCUT2D eigenvalue weighted by atomic mass is 32.2. The molecule has 1 aromatic heterocycles. The van der Waals surface area contributed by atoms with E-state index in [9.17, 15) is 14.4 Å². The second-order valence-electron chi connectivity index (χ2n) is 6.14. The zero-order valence-electron chi connectivity index (χ0n) is 14.8. The van der Waals surface area contributed by atoms with E-state index < -0.39 is 17.1 Å². The van der Waals surface area contributed by atoms with E-state index in [4.69, 9.17) is 0 Å². The number of anilines is 1. The summed E-state index contributed by atoms with van der Waals surface area (Å²) in [5.41, 5.74) is 3.59. The normalized spacial score (nSPS) is 15.8. The molecule has 1 aromatic carbocycles. The van der Waals surface area contributed by atoms with Gasteiger partial charge in [-0.1, -0.05) is 17.7 Å². The molecule has 7 heteroatoms. The molecule has 3 rings (SSSR count). The highest BCUT2D eigenvalue weighted by Gasteiger charge is 2.36. The Morgan fingerprint density at radius 2 is 1.81 bits per heavy atom. The Balaban J connectivity index is 1.70. The molecule has 0 spiro atoms. The van der Waals surface area contributed by atoms with Crippen LogP contribution in [0.5, 0.6) is 0 Å². The smallest absolute Gasteiger partial charge is 0.294 e. The summed E-state index contributed by atoms with van der Waals surface area (Å²) in [5.74, 6) is -0.856. The lowest BCUT2D eigenvalue weighted by Crippen LogP contribution is -2.36. The third kappa shape index (κ3) is 3.72. The molecule has 1 fully saturated rings. The summed E-state index contributed by atoms with van der Waals surface area (Å²) < 4.78 is 1.93. The minimum Gasteiger partial charge on any atom is -0.348 e. The maximum Gasteiger partial charge on any atom is 0.294 e. The third-order valence-electron chi connectivity index (χ3n) is 4.20. The van der Waals surface area contributed by atoms with Crippen molar-refractivity contribution in [2.24, 2.45) is 7.05 Å². The maximum atomic E-state index is 12.5. The van der Waals surface area contributed by atoms with Gasteiger partial charge in [0, 0.05) is 24.1 Å². The van der Waals surface area contributed by atoms with Crippen LogP contribution in [-0.4, -0.2) is 33.1 Å². The van der Waals surface area contributed by atoms with Gasteiger partial charge in [0.1, 0.15) is 6.54 Å². The molecule has 1 aliphatic heterocycles. The van der Waals surface area contributed by atoms with Gasteiger partial charge in [-0.2, -0.15) is 0 Å². The van der Waals surface area contributed by atoms with Gasteiger partial charge in [-0.3, -0.25) is 19.3 Å². The molecule has 0 unspecified atom stereocenters. The molecule has 2 aromatic rings. The van der Waals surface area contributed by atoms with Crippen LogP contribution in [0.2, 0.25) is 0 Å². The summed E-state index contributed by atoms with van der Waals surface area (Å²) in [6.45, 7) is 3.60. The second kappa shape index (κ2) is 7.21. The molecule has 1 N–H and O–H groups in total. The number of aryl methyl sites for hydroxylation is 2. The van der Waals surface area contributed by atoms with Crippen LogP contribution in [0, 0.1) is 13.8 Å². The second-order valence-corrected chi connectivity index (χ2v) is 7.13. The van der Waals surface area contributed by atoms with E-state index in [2.05, 4.69) is 5.32 Å². The zero-order chi connectivity index (χ0) is 18.8. The number of nitrogens with one attached hydrogen (secondary N) is 1. The molecule has 2 heterocycles. The van der Waals surface area contributed by atoms with E-state index in [1.54, 1.807) is 18.2 Å². The fourth-order valence-corrected chi connectivity index (χ4v) is 3.35. The molecule has 0 bridgehead atoms. The highest BCUT2D eigenvalue weighted by molar-refractivity contribution is 8.18. The van der Waals surface area contributed by atoms with E-state index in [-0.39, 0.29) is 6.54 Å². The van der Waals surface area contributed by atoms with Crippen molar-refractivity contribution in [3.63, 3.8) is 0 Å². The van der Waals surface area contributed by atoms with Crippen LogP contribution >= 0.6 is 11.8 Å². The molecule has 0 radical (unpaired) electrons. The van der Waals surface area contributed by atoms with Crippen molar-refractivity contribution >= 4 is 40.6 Å². The number of carbonyl (C=O) groups excluding carboxylic acids is 3. The van der Waals surface area contributed by atoms with Gasteiger partial charge in [0.2, 0.25) is 5.91 Å². The first-order valence-electron chi connectivity index (χ1n) is 8.09. The summed E-state index contributed by atoms with van der Waals surface area (Å²) in [6.07, 6.45) is 1.68. The van der Waals surface area contributed by atoms with Crippen LogP contribution in [0.4, 0.5) is 10.5 Å². The van der Waals surface area contributed by atoms with Crippen molar-refractivity contribution < 1.29 is 14.4 Å². The standard InChI is InChI=1S/C19H19N3O3S/c1-12-4-7-14(8-5-12)20-17(23)11-22-18(24)16(26-19(22)25)10-15-9-6-13(2)21(15)3/h4-10H,11H2,1-3H3,(H,20,23)/b16-10-. The number of benzene rings is 1. The Bertz CT molecular complexity index is 913. The van der Waals surface area contributed by atoms with Crippen LogP contribution in [0.1, 0.15) is 17.0 Å². The van der Waals surface area contributed by atoms with Crippen molar-refractivity contribution in [2.45, 2.75) is 13.8 Å². The largest absolute Gasteiger partial charge is 0.348 e. The lowest BCUT2D eigenvalue weighted by Gasteiger charge is -2.12. The van der Waals surface area contributed by atoms with Gasteiger partial charge < -0.3 is 9.88 Å². The molecule has 0 aliphatic carbocycles. The first kappa shape index (κ1) is 18.0. The van der Waals surface area contributed by atoms with Gasteiger partial charge in [-0.15, -0.1) is 0 Å². The third-order valence-corrected chi connectivity index (χ3v) is 5.11. The monoisotopic (exact) mass is 369 g/mol. The van der Waals surface area contributed by atoms with Crippen LogP contribution < -0.4 is 5.32 Å². The van der Waals surface area contributed by atoms with Crippen molar-refractivity contribution in [2.75, 3.05) is 11.9 Å². The summed E-state index contributed by atoms with van der Waals surface area (Å²) in [7, 11) is 1.89. The summed E-state index contributed by atoms with van der Waals surface area (Å²) in [5, 5.41) is 2.26. The number of rotatable bonds is 4. The first-order valence-corrected chi connectivity index (χ1v) is 8.91. The van der Waals surface area contributed by atoms with Crippen molar-refractivity contribution in [3.8, 4) is 0 Å². The minimum atomic E-state index is -0.446. The fourth-order valence-electron chi connectivity index (χ4n) is 2.53. The average molecular weight is 369 g/mol. The molecule has 1 saturated heterocycles. The zero-order valence-corrected chi connectivity index (χ0v) is 15.6. The fraction of sp³-hybridized carbons (Fsp3) is 0.211. The molecule has 0 saturated carbocycles. The SMILES string of the molecule is Cc1ccc(NC(=O)CN2C(=O)S/C(=C\c3ccc(C)n3C)C2=O)cc1. The molecule has 26 heavy (non-hydrogen) atoms. The van der Waals surface area contributed by atoms with E-state index in [0.29, 0.717) is 10.6 Å². The van der Waals surface area contributed by atoms with Crippen LogP contribution in [0.15, 0.2) is 41.3 Å². The van der Waals surface area contributed by atoms with Crippen LogP contribution in [0.25, 0.3) is 6.08 Å². The van der Waals surface area contributed by atoms with E-state index in [1.165, 1.54) is 0 Å². The lowest BCUT2D eigenvalue weighted by molar-refractivity contribution is -0.127. The Kier molecular flexibility index (Phi) is 4.99. The molecule has 1 aliphatic rings. The number of hydrogen-bond donors (Lipinski definition) is 1. The molecule has 134 valence electrons. The molecular formula is C19H19N3O3S. The Morgan fingerprint density at radius 1 is 1.12 bits per heavy atom. The maximum absolute atomic E-state index is 12.5. The Labute approximate surface area is 155 Å². The van der Waals surface area contributed by atoms with Gasteiger partial charge in [0.25, 0.3) is 11.1 Å². The van der Waals surface area contributed by atoms with Gasteiger partial charge in [0.05, 0.1) is 4.91 Å². The minimum absolute atomic E-state index is 0.304. The van der Waals surface area contributed by atoms with Crippen LogP contribution in [-0.2, 0) is 16.6 Å². The van der Waals surface area contributed by atoms with Crippen molar-refractivity contribution in [1.29, 1.82) is 0 Å². The number of amides is 3. The number of thioether (sulfide) groups is 1. The summed E-state index contributed by atoms with van der Waals surface area (Å²) in [6, 6.07) is 11.1. The number of hydrogen-bond acceptors (Lipinski definition) is 4. The number of imide groups is 1. The quantitative estimate of drug-likeness (QED) is 0.840. The first-order chi connectivity index (χ1) is 12.3. The average Bonchev–Trinajstić information content (AvgIpc) is 3.05. The van der Waals surface area contributed by atoms with Crippen molar-refractivity contribution in [1.82, 2.24) is 9.47 Å². The highest BCUT2D eigenvalue weighted by Crippen LogP contribution is 2.32. The number of carbonyl (C=O) groups is 3. The molecule has 3 amide bonds. The summed E-state index contributed by atoms with van der Waals surface area (Å²) in [4.78, 5) is 38.1. The van der Waals surface area contributed by atoms with E-state index in [1.807, 2.05) is 49.7 Å². The lowest BCUT2D eigenvalue weighted by atomic mass is 10.2. The molecule has 6 nitrogen and oxygen atoms in total. The van der Waals surface area contributed by atoms with Gasteiger partial charge in [-0.25, -0.2) is 0 Å². The van der Waals surface area contributed by atoms with E-state index >= 15 is 0 Å². The van der Waals surface area contributed by atoms with Gasteiger partial charge in [0.15, 0.2) is 0 Å². The molecular weight excluding hydrogens is 350 g/mol. The predicted molar refractivity (Wildman–Crippen MR) is 103 cm³/mol. The predicted octanol–water partition coefficient (Wildman–Crippen LogP) is 3.32. The molecule has 0 atom stereocenters. The number of aromatic nitrogens is 1. The van der Waals surface area contributed by atoms with Crippen LogP contribution in [0.3, 0.4) is 0 Å². The topological polar surface area (TPSA) is 71.4 Å². The van der Waals surface area contributed by atoms with Crippen molar-refractivity contribution in [3.05, 3.63) is 58.3 Å².